The highest BCUT2D eigenvalue weighted by Crippen LogP contribution is 2.09. The molecule has 0 saturated heterocycles. The Morgan fingerprint density at radius 1 is 1.43 bits per heavy atom. The van der Waals surface area contributed by atoms with Crippen LogP contribution in [0.4, 0.5) is 0 Å². The molecule has 1 atom stereocenters. The lowest BCUT2D eigenvalue weighted by molar-refractivity contribution is 0.670. The fourth-order valence-electron chi connectivity index (χ4n) is 1.31. The second-order valence-corrected chi connectivity index (χ2v) is 4.31. The Morgan fingerprint density at radius 2 is 2.14 bits per heavy atom. The first-order chi connectivity index (χ1) is 6.59. The van der Waals surface area contributed by atoms with Crippen LogP contribution in [-0.2, 0) is 10.8 Å². The second-order valence-electron chi connectivity index (χ2n) is 3.04. The average molecular weight is 210 g/mol. The summed E-state index contributed by atoms with van der Waals surface area (Å²) in [5, 5.41) is 4.47. The quantitative estimate of drug-likeness (QED) is 0.687. The molecule has 6 heteroatoms. The van der Waals surface area contributed by atoms with Gasteiger partial charge in [0.05, 0.1) is 22.7 Å². The first-order valence-electron chi connectivity index (χ1n) is 4.12. The van der Waals surface area contributed by atoms with E-state index in [4.69, 9.17) is 0 Å². The summed E-state index contributed by atoms with van der Waals surface area (Å²) in [7, 11) is -1.15. The summed E-state index contributed by atoms with van der Waals surface area (Å²) in [6.07, 6.45) is 3.21. The van der Waals surface area contributed by atoms with Crippen molar-refractivity contribution < 1.29 is 4.21 Å². The monoisotopic (exact) mass is 210 g/mol. The molecular weight excluding hydrogens is 200 g/mol. The van der Waals surface area contributed by atoms with E-state index >= 15 is 0 Å². The zero-order valence-electron chi connectivity index (χ0n) is 8.18. The average Bonchev–Trinajstić information content (AvgIpc) is 2.42. The lowest BCUT2D eigenvalue weighted by Gasteiger charge is -1.97. The molecule has 2 heterocycles. The molecular formula is C8H10N4OS. The predicted molar refractivity (Wildman–Crippen MR) is 52.6 cm³/mol. The molecule has 0 saturated carbocycles. The third kappa shape index (κ3) is 1.31. The third-order valence-corrected chi connectivity index (χ3v) is 2.68. The van der Waals surface area contributed by atoms with Crippen LogP contribution < -0.4 is 0 Å². The first kappa shape index (κ1) is 9.26. The Hall–Kier alpha value is -1.30. The van der Waals surface area contributed by atoms with E-state index in [1.54, 1.807) is 17.0 Å². The minimum Gasteiger partial charge on any atom is -0.251 e. The number of nitrogens with zero attached hydrogens (tertiary/aromatic N) is 4. The van der Waals surface area contributed by atoms with Gasteiger partial charge in [0.25, 0.3) is 0 Å². The van der Waals surface area contributed by atoms with Gasteiger partial charge in [-0.1, -0.05) is 0 Å². The van der Waals surface area contributed by atoms with E-state index in [0.29, 0.717) is 5.16 Å². The molecule has 1 unspecified atom stereocenters. The van der Waals surface area contributed by atoms with Crippen molar-refractivity contribution in [1.82, 2.24) is 19.6 Å². The molecule has 2 aromatic rings. The van der Waals surface area contributed by atoms with Gasteiger partial charge in [-0.05, 0) is 13.8 Å². The lowest BCUT2D eigenvalue weighted by Crippen LogP contribution is -2.03. The molecule has 0 bridgehead atoms. The molecule has 2 aromatic heterocycles. The van der Waals surface area contributed by atoms with E-state index in [-0.39, 0.29) is 0 Å². The maximum Gasteiger partial charge on any atom is 0.237 e. The standard InChI is InChI=1S/C8H10N4OS/c1-5-7-4-9-8(14(3)13)11-12(7)6(2)10-5/h4H,1-3H3. The van der Waals surface area contributed by atoms with Gasteiger partial charge in [0.2, 0.25) is 5.16 Å². The molecule has 0 aromatic carbocycles. The van der Waals surface area contributed by atoms with Crippen LogP contribution in [0.1, 0.15) is 11.5 Å². The van der Waals surface area contributed by atoms with Crippen LogP contribution in [0.25, 0.3) is 5.52 Å². The minimum absolute atomic E-state index is 0.331. The molecule has 0 fully saturated rings. The number of rotatable bonds is 1. The summed E-state index contributed by atoms with van der Waals surface area (Å²) in [4.78, 5) is 8.26. The van der Waals surface area contributed by atoms with Crippen LogP contribution >= 0.6 is 0 Å². The highest BCUT2D eigenvalue weighted by Gasteiger charge is 2.08. The van der Waals surface area contributed by atoms with Gasteiger partial charge in [0.15, 0.2) is 0 Å². The zero-order valence-corrected chi connectivity index (χ0v) is 9.00. The normalized spacial score (nSPS) is 13.4. The van der Waals surface area contributed by atoms with Gasteiger partial charge in [-0.25, -0.2) is 14.5 Å². The molecule has 2 rings (SSSR count). The summed E-state index contributed by atoms with van der Waals surface area (Å²) >= 11 is 0. The van der Waals surface area contributed by atoms with E-state index < -0.39 is 10.8 Å². The molecule has 74 valence electrons. The van der Waals surface area contributed by atoms with Crippen LogP contribution in [0.3, 0.4) is 0 Å². The fraction of sp³-hybridized carbons (Fsp3) is 0.375. The van der Waals surface area contributed by atoms with Crippen molar-refractivity contribution in [2.75, 3.05) is 6.26 Å². The number of hydrogen-bond acceptors (Lipinski definition) is 4. The molecule has 0 radical (unpaired) electrons. The summed E-state index contributed by atoms with van der Waals surface area (Å²) in [6.45, 7) is 3.75. The van der Waals surface area contributed by atoms with Gasteiger partial charge in [0.1, 0.15) is 11.3 Å². The van der Waals surface area contributed by atoms with Gasteiger partial charge in [0, 0.05) is 6.26 Å². The predicted octanol–water partition coefficient (Wildman–Crippen LogP) is 0.479. The maximum absolute atomic E-state index is 11.2. The van der Waals surface area contributed by atoms with Crippen molar-refractivity contribution in [2.24, 2.45) is 0 Å². The van der Waals surface area contributed by atoms with Crippen molar-refractivity contribution in [3.63, 3.8) is 0 Å². The highest BCUT2D eigenvalue weighted by molar-refractivity contribution is 7.84. The molecule has 0 N–H and O–H groups in total. The van der Waals surface area contributed by atoms with Crippen molar-refractivity contribution in [3.05, 3.63) is 17.7 Å². The largest absolute Gasteiger partial charge is 0.251 e. The van der Waals surface area contributed by atoms with Crippen molar-refractivity contribution in [1.29, 1.82) is 0 Å². The van der Waals surface area contributed by atoms with E-state index in [0.717, 1.165) is 17.0 Å². The number of imidazole rings is 1. The molecule has 0 amide bonds. The Labute approximate surface area is 83.6 Å². The topological polar surface area (TPSA) is 60.2 Å². The maximum atomic E-state index is 11.2. The van der Waals surface area contributed by atoms with Crippen molar-refractivity contribution in [3.8, 4) is 0 Å². The zero-order chi connectivity index (χ0) is 10.3. The molecule has 0 aliphatic carbocycles. The SMILES string of the molecule is Cc1nc(C)n2nc(S(C)=O)ncc12. The van der Waals surface area contributed by atoms with Gasteiger partial charge in [-0.3, -0.25) is 4.21 Å². The molecule has 0 aliphatic rings. The van der Waals surface area contributed by atoms with Gasteiger partial charge in [-0.15, -0.1) is 5.10 Å². The third-order valence-electron chi connectivity index (χ3n) is 1.97. The summed E-state index contributed by atoms with van der Waals surface area (Å²) in [5.74, 6) is 0.784. The first-order valence-corrected chi connectivity index (χ1v) is 5.68. The minimum atomic E-state index is -1.15. The molecule has 0 spiro atoms. The fourth-order valence-corrected chi connectivity index (χ4v) is 1.71. The summed E-state index contributed by atoms with van der Waals surface area (Å²) in [6, 6.07) is 0. The number of aryl methyl sites for hydroxylation is 2. The smallest absolute Gasteiger partial charge is 0.237 e. The van der Waals surface area contributed by atoms with Gasteiger partial charge < -0.3 is 0 Å². The highest BCUT2D eigenvalue weighted by atomic mass is 32.2. The Kier molecular flexibility index (Phi) is 2.07. The van der Waals surface area contributed by atoms with E-state index in [1.807, 2.05) is 13.8 Å². The summed E-state index contributed by atoms with van der Waals surface area (Å²) in [5.41, 5.74) is 1.74. The number of fused-ring (bicyclic) bond motifs is 1. The number of aromatic nitrogens is 4. The second kappa shape index (κ2) is 3.13. The Balaban J connectivity index is 2.77. The Bertz CT molecular complexity index is 519. The molecule has 14 heavy (non-hydrogen) atoms. The van der Waals surface area contributed by atoms with Crippen LogP contribution in [0.5, 0.6) is 0 Å². The van der Waals surface area contributed by atoms with Crippen LogP contribution in [0.15, 0.2) is 11.4 Å². The van der Waals surface area contributed by atoms with Gasteiger partial charge >= 0.3 is 0 Å². The van der Waals surface area contributed by atoms with Crippen LogP contribution in [0.2, 0.25) is 0 Å². The van der Waals surface area contributed by atoms with Crippen LogP contribution in [-0.4, -0.2) is 30.0 Å². The van der Waals surface area contributed by atoms with E-state index in [9.17, 15) is 4.21 Å². The van der Waals surface area contributed by atoms with Crippen molar-refractivity contribution in [2.45, 2.75) is 19.0 Å². The van der Waals surface area contributed by atoms with E-state index in [1.165, 1.54) is 0 Å². The summed E-state index contributed by atoms with van der Waals surface area (Å²) < 4.78 is 12.8. The van der Waals surface area contributed by atoms with E-state index in [2.05, 4.69) is 15.1 Å². The number of hydrogen-bond donors (Lipinski definition) is 0. The Morgan fingerprint density at radius 3 is 2.79 bits per heavy atom. The lowest BCUT2D eigenvalue weighted by atomic mass is 10.4. The van der Waals surface area contributed by atoms with Gasteiger partial charge in [-0.2, -0.15) is 0 Å². The molecule has 5 nitrogen and oxygen atoms in total. The molecule has 0 aliphatic heterocycles. The van der Waals surface area contributed by atoms with Crippen molar-refractivity contribution >= 4 is 16.3 Å². The van der Waals surface area contributed by atoms with Crippen LogP contribution in [0, 0.1) is 13.8 Å².